The fraction of sp³-hybridized carbons (Fsp3) is 0.750. The zero-order valence-electron chi connectivity index (χ0n) is 4.33. The molecule has 0 aromatic rings. The van der Waals surface area contributed by atoms with Gasteiger partial charge in [0.25, 0.3) is 0 Å². The third-order valence-corrected chi connectivity index (χ3v) is 1.38. The van der Waals surface area contributed by atoms with Crippen LogP contribution in [0.5, 0.6) is 0 Å². The quantitative estimate of drug-likeness (QED) is 0.515. The van der Waals surface area contributed by atoms with E-state index in [0.29, 0.717) is 6.42 Å². The van der Waals surface area contributed by atoms with E-state index in [1.807, 2.05) is 0 Å². The molecular formula is C4H8NO2Se. The van der Waals surface area contributed by atoms with E-state index in [1.165, 1.54) is 0 Å². The van der Waals surface area contributed by atoms with Gasteiger partial charge in [-0.25, -0.2) is 0 Å². The zero-order chi connectivity index (χ0) is 6.57. The predicted molar refractivity (Wildman–Crippen MR) is 30.4 cm³/mol. The van der Waals surface area contributed by atoms with E-state index in [9.17, 15) is 4.79 Å². The molecule has 0 saturated heterocycles. The summed E-state index contributed by atoms with van der Waals surface area (Å²) in [5, 5.41) is 8.24. The Kier molecular flexibility index (Phi) is 4.09. The average Bonchev–Trinajstić information content (AvgIpc) is 1.67. The summed E-state index contributed by atoms with van der Waals surface area (Å²) in [6.07, 6.45) is 0.339. The second-order valence-corrected chi connectivity index (χ2v) is 2.28. The number of hydrogen-bond acceptors (Lipinski definition) is 3. The van der Waals surface area contributed by atoms with Crippen LogP contribution >= 0.6 is 0 Å². The van der Waals surface area contributed by atoms with Gasteiger partial charge in [-0.3, -0.25) is 0 Å². The third kappa shape index (κ3) is 3.16. The van der Waals surface area contributed by atoms with E-state index in [2.05, 4.69) is 16.0 Å². The molecule has 47 valence electrons. The molecule has 0 amide bonds. The third-order valence-electron chi connectivity index (χ3n) is 0.743. The maximum atomic E-state index is 10.2. The van der Waals surface area contributed by atoms with Gasteiger partial charge in [-0.1, -0.05) is 0 Å². The molecular weight excluding hydrogens is 173 g/mol. The van der Waals surface area contributed by atoms with E-state index in [0.717, 1.165) is 0 Å². The molecule has 0 bridgehead atoms. The minimum atomic E-state index is -0.528. The standard InChI is InChI=1S/C4H8NO2Se/c5-3(1-2-6)4(7)8/h3,6H,1-2,5H2/t3-/m0/s1. The van der Waals surface area contributed by atoms with E-state index in [4.69, 9.17) is 10.8 Å². The first-order valence-electron chi connectivity index (χ1n) is 2.25. The molecule has 0 saturated carbocycles. The summed E-state index contributed by atoms with van der Waals surface area (Å²) in [5.41, 5.74) is 5.19. The van der Waals surface area contributed by atoms with Gasteiger partial charge in [-0.05, 0) is 0 Å². The Balaban J connectivity index is 3.32. The Morgan fingerprint density at radius 1 is 1.88 bits per heavy atom. The van der Waals surface area contributed by atoms with Crippen molar-refractivity contribution in [1.29, 1.82) is 0 Å². The molecule has 0 aliphatic carbocycles. The first kappa shape index (κ1) is 8.11. The van der Waals surface area contributed by atoms with Crippen LogP contribution in [-0.2, 0) is 4.79 Å². The van der Waals surface area contributed by atoms with Crippen molar-refractivity contribution in [2.24, 2.45) is 5.73 Å². The number of carbonyl (C=O) groups is 1. The van der Waals surface area contributed by atoms with Crippen molar-refractivity contribution in [2.75, 3.05) is 6.61 Å². The molecule has 1 radical (unpaired) electrons. The summed E-state index contributed by atoms with van der Waals surface area (Å²) in [7, 11) is 0. The van der Waals surface area contributed by atoms with Gasteiger partial charge in [0.15, 0.2) is 0 Å². The van der Waals surface area contributed by atoms with Crippen LogP contribution in [0, 0.1) is 0 Å². The minimum absolute atomic E-state index is 0.0331. The van der Waals surface area contributed by atoms with Crippen LogP contribution in [0.2, 0.25) is 0 Å². The molecule has 8 heavy (non-hydrogen) atoms. The molecule has 0 heterocycles. The van der Waals surface area contributed by atoms with Gasteiger partial charge in [0.05, 0.1) is 0 Å². The molecule has 4 heteroatoms. The Hall–Kier alpha value is 0.109. The van der Waals surface area contributed by atoms with Crippen molar-refractivity contribution >= 4 is 20.7 Å². The molecule has 3 nitrogen and oxygen atoms in total. The van der Waals surface area contributed by atoms with Gasteiger partial charge >= 0.3 is 55.4 Å². The van der Waals surface area contributed by atoms with E-state index in [1.54, 1.807) is 0 Å². The molecule has 0 fully saturated rings. The van der Waals surface area contributed by atoms with Crippen LogP contribution in [0.15, 0.2) is 0 Å². The number of aliphatic hydroxyl groups excluding tert-OH is 1. The van der Waals surface area contributed by atoms with Crippen LogP contribution < -0.4 is 5.73 Å². The van der Waals surface area contributed by atoms with Gasteiger partial charge in [0.2, 0.25) is 0 Å². The van der Waals surface area contributed by atoms with Gasteiger partial charge in [-0.15, -0.1) is 0 Å². The number of nitrogens with two attached hydrogens (primary N) is 1. The second kappa shape index (κ2) is 4.04. The Labute approximate surface area is 56.1 Å². The molecule has 0 unspecified atom stereocenters. The Morgan fingerprint density at radius 2 is 2.38 bits per heavy atom. The van der Waals surface area contributed by atoms with Crippen molar-refractivity contribution in [3.05, 3.63) is 0 Å². The normalized spacial score (nSPS) is 13.2. The van der Waals surface area contributed by atoms with Crippen LogP contribution in [-0.4, -0.2) is 38.4 Å². The second-order valence-electron chi connectivity index (χ2n) is 1.44. The van der Waals surface area contributed by atoms with Gasteiger partial charge < -0.3 is 0 Å². The van der Waals surface area contributed by atoms with Crippen molar-refractivity contribution in [2.45, 2.75) is 12.5 Å². The Bertz CT molecular complexity index is 86.1. The molecule has 1 atom stereocenters. The maximum absolute atomic E-state index is 10.2. The fourth-order valence-electron chi connectivity index (χ4n) is 0.257. The van der Waals surface area contributed by atoms with Crippen LogP contribution in [0.1, 0.15) is 6.42 Å². The van der Waals surface area contributed by atoms with E-state index >= 15 is 0 Å². The van der Waals surface area contributed by atoms with Crippen LogP contribution in [0.3, 0.4) is 0 Å². The number of rotatable bonds is 3. The summed E-state index contributed by atoms with van der Waals surface area (Å²) in [4.78, 5) is 10.2. The molecule has 3 N–H and O–H groups in total. The zero-order valence-corrected chi connectivity index (χ0v) is 6.05. The van der Waals surface area contributed by atoms with Crippen molar-refractivity contribution in [3.8, 4) is 0 Å². The summed E-state index contributed by atoms with van der Waals surface area (Å²) in [5.74, 6) is 0. The summed E-state index contributed by atoms with van der Waals surface area (Å²) >= 11 is 2.25. The molecule has 0 rings (SSSR count). The molecule has 0 spiro atoms. The molecule has 0 aromatic carbocycles. The van der Waals surface area contributed by atoms with Gasteiger partial charge in [0, 0.05) is 0 Å². The monoisotopic (exact) mass is 182 g/mol. The van der Waals surface area contributed by atoms with Crippen molar-refractivity contribution < 1.29 is 9.90 Å². The summed E-state index contributed by atoms with van der Waals surface area (Å²) in [6, 6.07) is -0.528. The van der Waals surface area contributed by atoms with E-state index < -0.39 is 6.04 Å². The van der Waals surface area contributed by atoms with Crippen LogP contribution in [0.4, 0.5) is 0 Å². The Morgan fingerprint density at radius 3 is 2.50 bits per heavy atom. The van der Waals surface area contributed by atoms with Gasteiger partial charge in [0.1, 0.15) is 0 Å². The predicted octanol–water partition coefficient (Wildman–Crippen LogP) is -1.61. The summed E-state index contributed by atoms with van der Waals surface area (Å²) < 4.78 is -0.195. The number of aliphatic hydroxyl groups is 1. The first-order valence-corrected chi connectivity index (χ1v) is 3.11. The van der Waals surface area contributed by atoms with Crippen molar-refractivity contribution in [1.82, 2.24) is 0 Å². The number of carbonyl (C=O) groups excluding carboxylic acids is 1. The van der Waals surface area contributed by atoms with E-state index in [-0.39, 0.29) is 11.3 Å². The van der Waals surface area contributed by atoms with Gasteiger partial charge in [-0.2, -0.15) is 0 Å². The average molecular weight is 181 g/mol. The van der Waals surface area contributed by atoms with Crippen LogP contribution in [0.25, 0.3) is 0 Å². The fourth-order valence-corrected chi connectivity index (χ4v) is 0.504. The first-order chi connectivity index (χ1) is 3.68. The van der Waals surface area contributed by atoms with Crippen molar-refractivity contribution in [3.63, 3.8) is 0 Å². The molecule has 0 aliphatic rings. The number of hydrogen-bond donors (Lipinski definition) is 2. The summed E-state index contributed by atoms with van der Waals surface area (Å²) in [6.45, 7) is -0.0331. The molecule has 0 aliphatic heterocycles. The topological polar surface area (TPSA) is 63.3 Å². The SMILES string of the molecule is N[C@@H](CCO)C(=O)[Se]. The molecule has 0 aromatic heterocycles.